The molecule has 2 N–H and O–H groups in total. The fourth-order valence-corrected chi connectivity index (χ4v) is 5.66. The van der Waals surface area contributed by atoms with Crippen LogP contribution in [0, 0.1) is 0 Å². The molecule has 6 nitrogen and oxygen atoms in total. The highest BCUT2D eigenvalue weighted by molar-refractivity contribution is 7.94. The Hall–Kier alpha value is -2.68. The van der Waals surface area contributed by atoms with Gasteiger partial charge in [0.25, 0.3) is 15.9 Å². The number of carbonyl (C=O) groups is 1. The first-order valence-electron chi connectivity index (χ1n) is 10.7. The van der Waals surface area contributed by atoms with Crippen LogP contribution in [-0.4, -0.2) is 44.9 Å². The molecule has 8 heteroatoms. The van der Waals surface area contributed by atoms with Crippen LogP contribution in [0.5, 0.6) is 0 Å². The minimum atomic E-state index is -3.66. The maximum atomic E-state index is 12.8. The average molecular weight is 472 g/mol. The normalized spacial score (nSPS) is 12.5. The van der Waals surface area contributed by atoms with Gasteiger partial charge in [0.05, 0.1) is 0 Å². The third-order valence-corrected chi connectivity index (χ3v) is 8.06. The molecule has 0 aliphatic heterocycles. The molecule has 2 aromatic carbocycles. The van der Waals surface area contributed by atoms with Gasteiger partial charge in [-0.15, -0.1) is 11.3 Å². The largest absolute Gasteiger partial charge is 0.350 e. The van der Waals surface area contributed by atoms with E-state index in [9.17, 15) is 13.2 Å². The molecule has 1 heterocycles. The van der Waals surface area contributed by atoms with E-state index in [1.165, 1.54) is 5.56 Å². The lowest BCUT2D eigenvalue weighted by Crippen LogP contribution is -2.45. The van der Waals surface area contributed by atoms with Crippen LogP contribution in [0.3, 0.4) is 0 Å². The second kappa shape index (κ2) is 11.3. The van der Waals surface area contributed by atoms with Crippen molar-refractivity contribution < 1.29 is 13.2 Å². The van der Waals surface area contributed by atoms with Crippen molar-refractivity contribution in [2.75, 3.05) is 24.4 Å². The molecule has 0 radical (unpaired) electrons. The quantitative estimate of drug-likeness (QED) is 0.439. The van der Waals surface area contributed by atoms with Crippen molar-refractivity contribution in [3.63, 3.8) is 0 Å². The maximum absolute atomic E-state index is 12.8. The van der Waals surface area contributed by atoms with Gasteiger partial charge < -0.3 is 5.32 Å². The summed E-state index contributed by atoms with van der Waals surface area (Å²) < 4.78 is 27.7. The maximum Gasteiger partial charge on any atom is 0.271 e. The number of nitrogens with one attached hydrogen (secondary N) is 2. The standard InChI is InChI=1S/C24H29N3O3S2/c1-3-27(4-2)22(16-19-10-6-5-7-11-19)18-25-24(28)20-12-8-13-21(17-20)26-32(29,30)23-14-9-15-31-23/h5-15,17,22,26H,3-4,16,18H2,1-2H3,(H,25,28). The van der Waals surface area contributed by atoms with Crippen LogP contribution in [0.4, 0.5) is 5.69 Å². The number of likely N-dealkylation sites (N-methyl/N-ethyl adjacent to an activating group) is 1. The summed E-state index contributed by atoms with van der Waals surface area (Å²) in [5, 5.41) is 4.74. The predicted molar refractivity (Wildman–Crippen MR) is 131 cm³/mol. The molecule has 1 unspecified atom stereocenters. The van der Waals surface area contributed by atoms with Crippen LogP contribution < -0.4 is 10.0 Å². The van der Waals surface area contributed by atoms with Gasteiger partial charge in [-0.3, -0.25) is 14.4 Å². The minimum absolute atomic E-state index is 0.164. The molecule has 3 aromatic rings. The van der Waals surface area contributed by atoms with Gasteiger partial charge in [0.1, 0.15) is 4.21 Å². The number of anilines is 1. The number of thiophene rings is 1. The third-order valence-electron chi connectivity index (χ3n) is 5.28. The molecule has 0 saturated carbocycles. The minimum Gasteiger partial charge on any atom is -0.350 e. The van der Waals surface area contributed by atoms with E-state index in [1.807, 2.05) is 18.2 Å². The summed E-state index contributed by atoms with van der Waals surface area (Å²) in [7, 11) is -3.66. The molecule has 0 fully saturated rings. The van der Waals surface area contributed by atoms with Crippen molar-refractivity contribution in [3.05, 3.63) is 83.2 Å². The lowest BCUT2D eigenvalue weighted by atomic mass is 10.0. The Morgan fingerprint density at radius 1 is 1.00 bits per heavy atom. The SMILES string of the molecule is CCN(CC)C(CNC(=O)c1cccc(NS(=O)(=O)c2cccs2)c1)Cc1ccccc1. The Bertz CT molecular complexity index is 1100. The molecule has 170 valence electrons. The number of amides is 1. The zero-order valence-electron chi connectivity index (χ0n) is 18.3. The summed E-state index contributed by atoms with van der Waals surface area (Å²) in [6.45, 7) is 6.52. The lowest BCUT2D eigenvalue weighted by molar-refractivity contribution is 0.0934. The topological polar surface area (TPSA) is 78.5 Å². The number of hydrogen-bond acceptors (Lipinski definition) is 5. The van der Waals surface area contributed by atoms with Gasteiger partial charge in [-0.25, -0.2) is 8.42 Å². The molecular weight excluding hydrogens is 442 g/mol. The Kier molecular flexibility index (Phi) is 8.44. The first-order valence-corrected chi connectivity index (χ1v) is 13.0. The number of nitrogens with zero attached hydrogens (tertiary/aromatic N) is 1. The summed E-state index contributed by atoms with van der Waals surface area (Å²) in [6.07, 6.45) is 0.837. The second-order valence-electron chi connectivity index (χ2n) is 7.39. The zero-order valence-corrected chi connectivity index (χ0v) is 20.0. The van der Waals surface area contributed by atoms with Crippen LogP contribution in [0.1, 0.15) is 29.8 Å². The summed E-state index contributed by atoms with van der Waals surface area (Å²) in [5.74, 6) is -0.229. The van der Waals surface area contributed by atoms with E-state index in [-0.39, 0.29) is 16.2 Å². The van der Waals surface area contributed by atoms with E-state index >= 15 is 0 Å². The molecule has 0 aliphatic carbocycles. The predicted octanol–water partition coefficient (Wildman–Crippen LogP) is 4.23. The summed E-state index contributed by atoms with van der Waals surface area (Å²) in [5.41, 5.74) is 1.99. The molecular formula is C24H29N3O3S2. The average Bonchev–Trinajstić information content (AvgIpc) is 3.35. The third kappa shape index (κ3) is 6.41. The molecule has 1 amide bonds. The Labute approximate surface area is 194 Å². The summed E-state index contributed by atoms with van der Waals surface area (Å²) in [6, 6.07) is 20.2. The van der Waals surface area contributed by atoms with Crippen molar-refractivity contribution in [1.29, 1.82) is 0 Å². The number of benzene rings is 2. The van der Waals surface area contributed by atoms with Crippen LogP contribution in [0.15, 0.2) is 76.3 Å². The summed E-state index contributed by atoms with van der Waals surface area (Å²) in [4.78, 5) is 15.2. The van der Waals surface area contributed by atoms with E-state index < -0.39 is 10.0 Å². The molecule has 0 bridgehead atoms. The number of sulfonamides is 1. The first kappa shape index (κ1) is 24.0. The van der Waals surface area contributed by atoms with E-state index in [2.05, 4.69) is 40.9 Å². The highest BCUT2D eigenvalue weighted by Gasteiger charge is 2.19. The van der Waals surface area contributed by atoms with E-state index in [4.69, 9.17) is 0 Å². The molecule has 0 spiro atoms. The van der Waals surface area contributed by atoms with Gasteiger partial charge in [-0.2, -0.15) is 0 Å². The molecule has 3 rings (SSSR count). The molecule has 1 atom stereocenters. The van der Waals surface area contributed by atoms with Gasteiger partial charge in [0.15, 0.2) is 0 Å². The number of hydrogen-bond donors (Lipinski definition) is 2. The van der Waals surface area contributed by atoms with E-state index in [0.29, 0.717) is 17.8 Å². The van der Waals surface area contributed by atoms with Crippen LogP contribution in [-0.2, 0) is 16.4 Å². The lowest BCUT2D eigenvalue weighted by Gasteiger charge is -2.30. The van der Waals surface area contributed by atoms with Crippen LogP contribution in [0.2, 0.25) is 0 Å². The van der Waals surface area contributed by atoms with Crippen LogP contribution in [0.25, 0.3) is 0 Å². The van der Waals surface area contributed by atoms with Crippen molar-refractivity contribution in [2.45, 2.75) is 30.5 Å². The second-order valence-corrected chi connectivity index (χ2v) is 10.3. The Morgan fingerprint density at radius 3 is 2.41 bits per heavy atom. The highest BCUT2D eigenvalue weighted by atomic mass is 32.2. The van der Waals surface area contributed by atoms with E-state index in [0.717, 1.165) is 30.8 Å². The molecule has 1 aromatic heterocycles. The first-order chi connectivity index (χ1) is 15.4. The highest BCUT2D eigenvalue weighted by Crippen LogP contribution is 2.21. The number of carbonyl (C=O) groups excluding carboxylic acids is 1. The van der Waals surface area contributed by atoms with Gasteiger partial charge in [-0.05, 0) is 54.7 Å². The fraction of sp³-hybridized carbons (Fsp3) is 0.292. The fourth-order valence-electron chi connectivity index (χ4n) is 3.61. The Balaban J connectivity index is 1.68. The van der Waals surface area contributed by atoms with E-state index in [1.54, 1.807) is 41.8 Å². The van der Waals surface area contributed by atoms with Crippen molar-refractivity contribution >= 4 is 33.0 Å². The smallest absolute Gasteiger partial charge is 0.271 e. The summed E-state index contributed by atoms with van der Waals surface area (Å²) >= 11 is 1.14. The van der Waals surface area contributed by atoms with Crippen molar-refractivity contribution in [2.24, 2.45) is 0 Å². The Morgan fingerprint density at radius 2 is 1.75 bits per heavy atom. The monoisotopic (exact) mass is 471 g/mol. The molecule has 0 aliphatic rings. The van der Waals surface area contributed by atoms with Gasteiger partial charge in [0.2, 0.25) is 0 Å². The molecule has 32 heavy (non-hydrogen) atoms. The van der Waals surface area contributed by atoms with Gasteiger partial charge in [0, 0.05) is 23.8 Å². The number of rotatable bonds is 11. The zero-order chi connectivity index (χ0) is 23.0. The van der Waals surface area contributed by atoms with Crippen LogP contribution >= 0.6 is 11.3 Å². The molecule has 0 saturated heterocycles. The van der Waals surface area contributed by atoms with Gasteiger partial charge >= 0.3 is 0 Å². The van der Waals surface area contributed by atoms with Gasteiger partial charge in [-0.1, -0.05) is 56.3 Å². The van der Waals surface area contributed by atoms with Crippen molar-refractivity contribution in [1.82, 2.24) is 10.2 Å². The van der Waals surface area contributed by atoms with Crippen molar-refractivity contribution in [3.8, 4) is 0 Å².